The summed E-state index contributed by atoms with van der Waals surface area (Å²) in [6.45, 7) is 4.49. The molecule has 0 aromatic heterocycles. The minimum atomic E-state index is 0.341. The molecular formula is C11H16N4. The standard InChI is InChI=1S/C11H16N4/c1-3-13-11(12)15-14-9(2)10-7-5-4-6-8-10/h4-8H,3H2,1-2H3,(H3,12,13,15)/b14-9-. The van der Waals surface area contributed by atoms with E-state index in [1.807, 2.05) is 44.2 Å². The first-order valence-electron chi connectivity index (χ1n) is 4.89. The number of benzene rings is 1. The van der Waals surface area contributed by atoms with Crippen LogP contribution in [0.1, 0.15) is 19.4 Å². The molecule has 80 valence electrons. The third kappa shape index (κ3) is 3.81. The summed E-state index contributed by atoms with van der Waals surface area (Å²) in [5.74, 6) is 0.341. The zero-order valence-corrected chi connectivity index (χ0v) is 9.07. The molecule has 0 aliphatic rings. The van der Waals surface area contributed by atoms with Crippen molar-refractivity contribution >= 4 is 11.7 Å². The van der Waals surface area contributed by atoms with Crippen molar-refractivity contribution in [3.63, 3.8) is 0 Å². The second-order valence-electron chi connectivity index (χ2n) is 3.03. The topological polar surface area (TPSA) is 62.8 Å². The van der Waals surface area contributed by atoms with E-state index in [2.05, 4.69) is 15.5 Å². The lowest BCUT2D eigenvalue weighted by molar-refractivity contribution is 0.973. The van der Waals surface area contributed by atoms with Crippen molar-refractivity contribution in [1.29, 1.82) is 0 Å². The van der Waals surface area contributed by atoms with Crippen LogP contribution in [0.3, 0.4) is 0 Å². The van der Waals surface area contributed by atoms with Gasteiger partial charge in [0.15, 0.2) is 0 Å². The van der Waals surface area contributed by atoms with E-state index in [1.54, 1.807) is 0 Å². The first-order valence-corrected chi connectivity index (χ1v) is 4.89. The second-order valence-corrected chi connectivity index (χ2v) is 3.03. The molecule has 0 atom stereocenters. The summed E-state index contributed by atoms with van der Waals surface area (Å²) >= 11 is 0. The van der Waals surface area contributed by atoms with Gasteiger partial charge < -0.3 is 5.73 Å². The highest BCUT2D eigenvalue weighted by molar-refractivity contribution is 5.99. The molecule has 0 fully saturated rings. The van der Waals surface area contributed by atoms with Crippen LogP contribution in [0.5, 0.6) is 0 Å². The largest absolute Gasteiger partial charge is 0.369 e. The monoisotopic (exact) mass is 204 g/mol. The molecule has 0 aliphatic carbocycles. The van der Waals surface area contributed by atoms with Crippen molar-refractivity contribution in [2.45, 2.75) is 13.8 Å². The van der Waals surface area contributed by atoms with E-state index in [0.717, 1.165) is 11.3 Å². The molecule has 1 rings (SSSR count). The Kier molecular flexibility index (Phi) is 4.34. The Morgan fingerprint density at radius 1 is 1.33 bits per heavy atom. The molecular weight excluding hydrogens is 188 g/mol. The third-order valence-electron chi connectivity index (χ3n) is 1.86. The van der Waals surface area contributed by atoms with E-state index in [9.17, 15) is 0 Å². The van der Waals surface area contributed by atoms with E-state index in [-0.39, 0.29) is 0 Å². The maximum atomic E-state index is 5.54. The lowest BCUT2D eigenvalue weighted by Crippen LogP contribution is -2.28. The number of hydrogen-bond donors (Lipinski definition) is 2. The minimum absolute atomic E-state index is 0.341. The van der Waals surface area contributed by atoms with Crippen LogP contribution < -0.4 is 11.2 Å². The highest BCUT2D eigenvalue weighted by Crippen LogP contribution is 1.99. The van der Waals surface area contributed by atoms with Crippen molar-refractivity contribution in [2.24, 2.45) is 15.8 Å². The highest BCUT2D eigenvalue weighted by Gasteiger charge is 1.95. The normalized spacial score (nSPS) is 12.7. The lowest BCUT2D eigenvalue weighted by Gasteiger charge is -2.02. The van der Waals surface area contributed by atoms with Crippen molar-refractivity contribution in [3.05, 3.63) is 35.9 Å². The molecule has 0 saturated heterocycles. The van der Waals surface area contributed by atoms with Crippen LogP contribution in [0.2, 0.25) is 0 Å². The molecule has 0 saturated carbocycles. The SMILES string of the molecule is CCN=C(N)N/N=C(/C)c1ccccc1. The number of nitrogens with two attached hydrogens (primary N) is 1. The van der Waals surface area contributed by atoms with Gasteiger partial charge in [-0.2, -0.15) is 5.10 Å². The smallest absolute Gasteiger partial charge is 0.209 e. The number of nitrogens with one attached hydrogen (secondary N) is 1. The molecule has 0 unspecified atom stereocenters. The number of aliphatic imine (C=N–C) groups is 1. The first-order chi connectivity index (χ1) is 7.24. The van der Waals surface area contributed by atoms with Gasteiger partial charge in [0.2, 0.25) is 5.96 Å². The average Bonchev–Trinajstić information content (AvgIpc) is 2.27. The predicted molar refractivity (Wildman–Crippen MR) is 64.0 cm³/mol. The summed E-state index contributed by atoms with van der Waals surface area (Å²) < 4.78 is 0. The Morgan fingerprint density at radius 2 is 2.00 bits per heavy atom. The van der Waals surface area contributed by atoms with E-state index < -0.39 is 0 Å². The fraction of sp³-hybridized carbons (Fsp3) is 0.273. The van der Waals surface area contributed by atoms with Gasteiger partial charge in [-0.1, -0.05) is 30.3 Å². The van der Waals surface area contributed by atoms with Crippen molar-refractivity contribution in [3.8, 4) is 0 Å². The molecule has 0 bridgehead atoms. The fourth-order valence-electron chi connectivity index (χ4n) is 1.09. The van der Waals surface area contributed by atoms with Crippen LogP contribution in [0.25, 0.3) is 0 Å². The number of hydrazone groups is 1. The van der Waals surface area contributed by atoms with Gasteiger partial charge in [0.25, 0.3) is 0 Å². The van der Waals surface area contributed by atoms with Crippen LogP contribution in [-0.4, -0.2) is 18.2 Å². The quantitative estimate of drug-likeness (QED) is 0.443. The van der Waals surface area contributed by atoms with Crippen LogP contribution in [0, 0.1) is 0 Å². The summed E-state index contributed by atoms with van der Waals surface area (Å²) in [7, 11) is 0. The Labute approximate surface area is 89.9 Å². The third-order valence-corrected chi connectivity index (χ3v) is 1.86. The number of hydrogen-bond acceptors (Lipinski definition) is 2. The van der Waals surface area contributed by atoms with Gasteiger partial charge in [-0.3, -0.25) is 4.99 Å². The van der Waals surface area contributed by atoms with Gasteiger partial charge in [-0.25, -0.2) is 5.43 Å². The zero-order valence-electron chi connectivity index (χ0n) is 9.07. The first kappa shape index (κ1) is 11.2. The molecule has 4 heteroatoms. The van der Waals surface area contributed by atoms with Gasteiger partial charge in [0.05, 0.1) is 5.71 Å². The molecule has 0 spiro atoms. The van der Waals surface area contributed by atoms with Crippen molar-refractivity contribution in [1.82, 2.24) is 5.43 Å². The maximum absolute atomic E-state index is 5.54. The van der Waals surface area contributed by atoms with E-state index in [4.69, 9.17) is 5.73 Å². The Bertz CT molecular complexity index is 354. The van der Waals surface area contributed by atoms with Gasteiger partial charge in [-0.15, -0.1) is 0 Å². The molecule has 4 nitrogen and oxygen atoms in total. The Hall–Kier alpha value is -1.84. The summed E-state index contributed by atoms with van der Waals surface area (Å²) in [6.07, 6.45) is 0. The van der Waals surface area contributed by atoms with E-state index >= 15 is 0 Å². The van der Waals surface area contributed by atoms with Crippen LogP contribution >= 0.6 is 0 Å². The minimum Gasteiger partial charge on any atom is -0.369 e. The predicted octanol–water partition coefficient (Wildman–Crippen LogP) is 1.33. The fourth-order valence-corrected chi connectivity index (χ4v) is 1.09. The average molecular weight is 204 g/mol. The maximum Gasteiger partial charge on any atom is 0.209 e. The van der Waals surface area contributed by atoms with Gasteiger partial charge in [0, 0.05) is 6.54 Å². The van der Waals surface area contributed by atoms with E-state index in [0.29, 0.717) is 12.5 Å². The van der Waals surface area contributed by atoms with E-state index in [1.165, 1.54) is 0 Å². The van der Waals surface area contributed by atoms with Gasteiger partial charge in [0.1, 0.15) is 0 Å². The molecule has 3 N–H and O–H groups in total. The molecule has 15 heavy (non-hydrogen) atoms. The summed E-state index contributed by atoms with van der Waals surface area (Å²) in [6, 6.07) is 9.90. The summed E-state index contributed by atoms with van der Waals surface area (Å²) in [5, 5.41) is 4.12. The number of nitrogens with zero attached hydrogens (tertiary/aromatic N) is 2. The molecule has 1 aromatic rings. The van der Waals surface area contributed by atoms with Gasteiger partial charge >= 0.3 is 0 Å². The van der Waals surface area contributed by atoms with Crippen LogP contribution in [0.15, 0.2) is 40.4 Å². The van der Waals surface area contributed by atoms with Gasteiger partial charge in [-0.05, 0) is 19.4 Å². The molecule has 1 aromatic carbocycles. The molecule has 0 aliphatic heterocycles. The zero-order chi connectivity index (χ0) is 11.1. The summed E-state index contributed by atoms with van der Waals surface area (Å²) in [4.78, 5) is 3.97. The summed E-state index contributed by atoms with van der Waals surface area (Å²) in [5.41, 5.74) is 10.2. The Balaban J connectivity index is 2.65. The lowest BCUT2D eigenvalue weighted by atomic mass is 10.1. The van der Waals surface area contributed by atoms with Crippen molar-refractivity contribution < 1.29 is 0 Å². The number of rotatable bonds is 3. The van der Waals surface area contributed by atoms with Crippen LogP contribution in [-0.2, 0) is 0 Å². The number of guanidine groups is 1. The highest BCUT2D eigenvalue weighted by atomic mass is 15.4. The molecule has 0 heterocycles. The molecule has 0 amide bonds. The van der Waals surface area contributed by atoms with Crippen molar-refractivity contribution in [2.75, 3.05) is 6.54 Å². The second kappa shape index (κ2) is 5.80. The Morgan fingerprint density at radius 3 is 2.60 bits per heavy atom. The van der Waals surface area contributed by atoms with Crippen LogP contribution in [0.4, 0.5) is 0 Å². The molecule has 0 radical (unpaired) electrons.